The van der Waals surface area contributed by atoms with Gasteiger partial charge in [-0.05, 0) is 50.6 Å². The summed E-state index contributed by atoms with van der Waals surface area (Å²) < 4.78 is 51.3. The lowest BCUT2D eigenvalue weighted by Gasteiger charge is -2.33. The lowest BCUT2D eigenvalue weighted by atomic mass is 9.96. The SMILES string of the molecule is CNCC1CCN(c2ccc(C(F)(F)F)cc2F)CC1. The van der Waals surface area contributed by atoms with Gasteiger partial charge in [-0.3, -0.25) is 0 Å². The molecule has 6 heteroatoms. The Balaban J connectivity index is 2.07. The molecule has 0 saturated carbocycles. The molecule has 2 nitrogen and oxygen atoms in total. The Bertz CT molecular complexity index is 451. The van der Waals surface area contributed by atoms with E-state index in [4.69, 9.17) is 0 Å². The van der Waals surface area contributed by atoms with Gasteiger partial charge in [0, 0.05) is 13.1 Å². The van der Waals surface area contributed by atoms with E-state index in [1.165, 1.54) is 6.07 Å². The molecule has 0 atom stereocenters. The van der Waals surface area contributed by atoms with Crippen LogP contribution in [0.15, 0.2) is 18.2 Å². The van der Waals surface area contributed by atoms with Crippen molar-refractivity contribution in [3.63, 3.8) is 0 Å². The molecule has 1 aromatic rings. The Morgan fingerprint density at radius 3 is 2.40 bits per heavy atom. The van der Waals surface area contributed by atoms with Crippen LogP contribution in [0.1, 0.15) is 18.4 Å². The molecule has 20 heavy (non-hydrogen) atoms. The predicted octanol–water partition coefficient (Wildman–Crippen LogP) is 3.28. The van der Waals surface area contributed by atoms with Crippen LogP contribution in [-0.4, -0.2) is 26.7 Å². The molecule has 0 unspecified atom stereocenters. The van der Waals surface area contributed by atoms with Crippen LogP contribution in [0.25, 0.3) is 0 Å². The Morgan fingerprint density at radius 1 is 1.25 bits per heavy atom. The van der Waals surface area contributed by atoms with E-state index in [0.717, 1.165) is 25.5 Å². The predicted molar refractivity (Wildman–Crippen MR) is 70.3 cm³/mol. The third-order valence-electron chi connectivity index (χ3n) is 3.72. The molecule has 1 N–H and O–H groups in total. The summed E-state index contributed by atoms with van der Waals surface area (Å²) in [7, 11) is 1.89. The maximum absolute atomic E-state index is 13.9. The summed E-state index contributed by atoms with van der Waals surface area (Å²) >= 11 is 0. The van der Waals surface area contributed by atoms with Crippen LogP contribution in [0, 0.1) is 11.7 Å². The number of hydrogen-bond acceptors (Lipinski definition) is 2. The molecule has 1 aromatic carbocycles. The first-order chi connectivity index (χ1) is 9.41. The molecule has 112 valence electrons. The fraction of sp³-hybridized carbons (Fsp3) is 0.571. The number of nitrogens with one attached hydrogen (secondary N) is 1. The maximum Gasteiger partial charge on any atom is 0.416 e. The molecule has 0 amide bonds. The summed E-state index contributed by atoms with van der Waals surface area (Å²) in [4.78, 5) is 1.82. The van der Waals surface area contributed by atoms with Crippen molar-refractivity contribution in [2.45, 2.75) is 19.0 Å². The van der Waals surface area contributed by atoms with E-state index in [9.17, 15) is 17.6 Å². The second kappa shape index (κ2) is 5.99. The van der Waals surface area contributed by atoms with Gasteiger partial charge in [0.05, 0.1) is 11.3 Å². The molecule has 1 aliphatic rings. The van der Waals surface area contributed by atoms with E-state index in [1.807, 2.05) is 11.9 Å². The van der Waals surface area contributed by atoms with E-state index >= 15 is 0 Å². The van der Waals surface area contributed by atoms with Crippen LogP contribution in [-0.2, 0) is 6.18 Å². The van der Waals surface area contributed by atoms with Crippen LogP contribution in [0.5, 0.6) is 0 Å². The highest BCUT2D eigenvalue weighted by molar-refractivity contribution is 5.50. The molecule has 2 rings (SSSR count). The summed E-state index contributed by atoms with van der Waals surface area (Å²) in [5, 5.41) is 3.11. The van der Waals surface area contributed by atoms with Crippen LogP contribution in [0.3, 0.4) is 0 Å². The number of hydrogen-bond donors (Lipinski definition) is 1. The van der Waals surface area contributed by atoms with Gasteiger partial charge in [0.15, 0.2) is 0 Å². The van der Waals surface area contributed by atoms with E-state index in [2.05, 4.69) is 5.32 Å². The molecule has 1 aliphatic heterocycles. The van der Waals surface area contributed by atoms with Gasteiger partial charge in [-0.25, -0.2) is 4.39 Å². The zero-order chi connectivity index (χ0) is 14.8. The highest BCUT2D eigenvalue weighted by Crippen LogP contribution is 2.33. The average molecular weight is 290 g/mol. The zero-order valence-corrected chi connectivity index (χ0v) is 11.3. The van der Waals surface area contributed by atoms with Crippen molar-refractivity contribution in [2.75, 3.05) is 31.6 Å². The van der Waals surface area contributed by atoms with Gasteiger partial charge >= 0.3 is 6.18 Å². The summed E-state index contributed by atoms with van der Waals surface area (Å²) in [6, 6.07) is 2.75. The Morgan fingerprint density at radius 2 is 1.90 bits per heavy atom. The van der Waals surface area contributed by atoms with Gasteiger partial charge in [-0.2, -0.15) is 13.2 Å². The number of benzene rings is 1. The smallest absolute Gasteiger partial charge is 0.369 e. The maximum atomic E-state index is 13.9. The molecular weight excluding hydrogens is 272 g/mol. The van der Waals surface area contributed by atoms with Gasteiger partial charge in [0.1, 0.15) is 5.82 Å². The second-order valence-corrected chi connectivity index (χ2v) is 5.15. The first kappa shape index (κ1) is 15.1. The largest absolute Gasteiger partial charge is 0.416 e. The average Bonchev–Trinajstić information content (AvgIpc) is 2.39. The Kier molecular flexibility index (Phi) is 4.52. The summed E-state index contributed by atoms with van der Waals surface area (Å²) in [5.74, 6) is -0.249. The van der Waals surface area contributed by atoms with Gasteiger partial charge < -0.3 is 10.2 Å². The van der Waals surface area contributed by atoms with Crippen molar-refractivity contribution in [2.24, 2.45) is 5.92 Å². The van der Waals surface area contributed by atoms with Crippen molar-refractivity contribution >= 4 is 5.69 Å². The van der Waals surface area contributed by atoms with E-state index in [0.29, 0.717) is 25.1 Å². The third-order valence-corrected chi connectivity index (χ3v) is 3.72. The summed E-state index contributed by atoms with van der Waals surface area (Å²) in [6.45, 7) is 2.27. The van der Waals surface area contributed by atoms with Gasteiger partial charge in [0.25, 0.3) is 0 Å². The Hall–Kier alpha value is -1.30. The minimum Gasteiger partial charge on any atom is -0.369 e. The van der Waals surface area contributed by atoms with Gasteiger partial charge in [-0.15, -0.1) is 0 Å². The normalized spacial score (nSPS) is 17.6. The Labute approximate surface area is 115 Å². The zero-order valence-electron chi connectivity index (χ0n) is 11.3. The lowest BCUT2D eigenvalue weighted by molar-refractivity contribution is -0.137. The summed E-state index contributed by atoms with van der Waals surface area (Å²) in [5.41, 5.74) is -0.676. The highest BCUT2D eigenvalue weighted by atomic mass is 19.4. The third kappa shape index (κ3) is 3.42. The fourth-order valence-corrected chi connectivity index (χ4v) is 2.61. The number of alkyl halides is 3. The van der Waals surface area contributed by atoms with Crippen LogP contribution in [0.2, 0.25) is 0 Å². The van der Waals surface area contributed by atoms with E-state index in [-0.39, 0.29) is 5.69 Å². The number of rotatable bonds is 3. The van der Waals surface area contributed by atoms with Crippen molar-refractivity contribution in [3.8, 4) is 0 Å². The standard InChI is InChI=1S/C14H18F4N2/c1-19-9-10-4-6-20(7-5-10)13-3-2-11(8-12(13)15)14(16,17)18/h2-3,8,10,19H,4-7,9H2,1H3. The number of piperidine rings is 1. The van der Waals surface area contributed by atoms with Crippen molar-refractivity contribution in [1.29, 1.82) is 0 Å². The van der Waals surface area contributed by atoms with Crippen LogP contribution in [0.4, 0.5) is 23.2 Å². The number of halogens is 4. The molecule has 0 spiro atoms. The topological polar surface area (TPSA) is 15.3 Å². The molecule has 1 fully saturated rings. The van der Waals surface area contributed by atoms with E-state index < -0.39 is 17.6 Å². The molecule has 0 aromatic heterocycles. The quantitative estimate of drug-likeness (QED) is 0.859. The molecule has 0 aliphatic carbocycles. The van der Waals surface area contributed by atoms with E-state index in [1.54, 1.807) is 0 Å². The van der Waals surface area contributed by atoms with Crippen molar-refractivity contribution in [1.82, 2.24) is 5.32 Å². The number of nitrogens with zero attached hydrogens (tertiary/aromatic N) is 1. The van der Waals surface area contributed by atoms with Crippen molar-refractivity contribution < 1.29 is 17.6 Å². The highest BCUT2D eigenvalue weighted by Gasteiger charge is 2.32. The molecule has 0 bridgehead atoms. The molecule has 1 saturated heterocycles. The van der Waals surface area contributed by atoms with Crippen LogP contribution >= 0.6 is 0 Å². The number of anilines is 1. The van der Waals surface area contributed by atoms with Gasteiger partial charge in [-0.1, -0.05) is 0 Å². The fourth-order valence-electron chi connectivity index (χ4n) is 2.61. The minimum atomic E-state index is -4.50. The van der Waals surface area contributed by atoms with Gasteiger partial charge in [0.2, 0.25) is 0 Å². The molecule has 1 heterocycles. The van der Waals surface area contributed by atoms with Crippen LogP contribution < -0.4 is 10.2 Å². The molecule has 0 radical (unpaired) electrons. The molecular formula is C14H18F4N2. The lowest BCUT2D eigenvalue weighted by Crippen LogP contribution is -2.37. The minimum absolute atomic E-state index is 0.265. The van der Waals surface area contributed by atoms with Crippen molar-refractivity contribution in [3.05, 3.63) is 29.6 Å². The first-order valence-electron chi connectivity index (χ1n) is 6.68. The first-order valence-corrected chi connectivity index (χ1v) is 6.68. The second-order valence-electron chi connectivity index (χ2n) is 5.15. The summed E-state index contributed by atoms with van der Waals surface area (Å²) in [6.07, 6.45) is -2.66. The monoisotopic (exact) mass is 290 g/mol.